The van der Waals surface area contributed by atoms with Gasteiger partial charge in [0.1, 0.15) is 0 Å². The molecule has 0 amide bonds. The Kier molecular flexibility index (Phi) is 7.80. The van der Waals surface area contributed by atoms with Gasteiger partial charge in [-0.2, -0.15) is 0 Å². The van der Waals surface area contributed by atoms with Gasteiger partial charge in [0, 0.05) is 0 Å². The Morgan fingerprint density at radius 2 is 1.69 bits per heavy atom. The minimum Gasteiger partial charge on any atom is -0.373 e. The van der Waals surface area contributed by atoms with Crippen LogP contribution in [-0.2, 0) is 11.3 Å². The van der Waals surface area contributed by atoms with Crippen LogP contribution in [0.3, 0.4) is 0 Å². The van der Waals surface area contributed by atoms with Crippen LogP contribution in [-0.4, -0.2) is 6.10 Å². The molecule has 1 aromatic rings. The van der Waals surface area contributed by atoms with Crippen molar-refractivity contribution in [1.29, 1.82) is 0 Å². The Hall–Kier alpha value is -1.08. The van der Waals surface area contributed by atoms with Crippen LogP contribution in [0.5, 0.6) is 0 Å². The molecule has 0 aliphatic heterocycles. The highest BCUT2D eigenvalue weighted by atomic mass is 16.5. The SMILES string of the molecule is Cc1ccc(CO[C@H]2CC[C@@]3(C)C(=CC[C@H]4[C@@H]5CC[C@H]([C@H](C)CCCC(C)C)[C@@]5(C)CC[C@@H]43)C2)cc1. The van der Waals surface area contributed by atoms with Gasteiger partial charge in [-0.15, -0.1) is 0 Å². The Labute approximate surface area is 222 Å². The number of benzene rings is 1. The first-order chi connectivity index (χ1) is 17.2. The minimum atomic E-state index is 0.401. The van der Waals surface area contributed by atoms with Crippen LogP contribution in [0.15, 0.2) is 35.9 Å². The second-order valence-electron chi connectivity index (χ2n) is 14.5. The lowest BCUT2D eigenvalue weighted by atomic mass is 9.47. The number of aryl methyl sites for hydroxylation is 1. The van der Waals surface area contributed by atoms with Crippen molar-refractivity contribution < 1.29 is 4.74 Å². The van der Waals surface area contributed by atoms with Gasteiger partial charge in [-0.1, -0.05) is 95.4 Å². The summed E-state index contributed by atoms with van der Waals surface area (Å²) in [6.45, 7) is 15.7. The maximum atomic E-state index is 6.47. The van der Waals surface area contributed by atoms with Crippen LogP contribution in [0.1, 0.15) is 116 Å². The first-order valence-electron chi connectivity index (χ1n) is 15.6. The zero-order chi connectivity index (χ0) is 25.5. The second-order valence-corrected chi connectivity index (χ2v) is 14.5. The van der Waals surface area contributed by atoms with Gasteiger partial charge < -0.3 is 4.74 Å². The molecule has 8 atom stereocenters. The molecular weight excluding hydrogens is 436 g/mol. The fourth-order valence-corrected chi connectivity index (χ4v) is 9.69. The Bertz CT molecular complexity index is 911. The maximum absolute atomic E-state index is 6.47. The molecule has 0 bridgehead atoms. The highest BCUT2D eigenvalue weighted by Gasteiger charge is 2.59. The van der Waals surface area contributed by atoms with E-state index in [4.69, 9.17) is 4.74 Å². The van der Waals surface area contributed by atoms with E-state index in [1.165, 1.54) is 81.8 Å². The fraction of sp³-hybridized carbons (Fsp3) is 0.771. The topological polar surface area (TPSA) is 9.23 Å². The standard InChI is InChI=1S/C35H54O/c1-24(2)8-7-9-26(4)31-16-17-32-30-15-14-28-22-29(36-23-27-12-10-25(3)11-13-27)18-20-34(28,5)33(30)19-21-35(31,32)6/h10-14,24,26,29-33H,7-9,15-23H2,1-6H3/t26-,29+,30+,31-,32+,33+,34+,35-/m1/s1. The second kappa shape index (κ2) is 10.6. The smallest absolute Gasteiger partial charge is 0.0720 e. The highest BCUT2D eigenvalue weighted by Crippen LogP contribution is 2.67. The zero-order valence-corrected chi connectivity index (χ0v) is 24.3. The van der Waals surface area contributed by atoms with E-state index in [9.17, 15) is 0 Å². The van der Waals surface area contributed by atoms with Crippen LogP contribution < -0.4 is 0 Å². The maximum Gasteiger partial charge on any atom is 0.0720 e. The summed E-state index contributed by atoms with van der Waals surface area (Å²) in [6.07, 6.45) is 18.4. The van der Waals surface area contributed by atoms with Gasteiger partial charge in [-0.05, 0) is 110 Å². The Balaban J connectivity index is 1.23. The largest absolute Gasteiger partial charge is 0.373 e. The van der Waals surface area contributed by atoms with Crippen LogP contribution in [0.25, 0.3) is 0 Å². The van der Waals surface area contributed by atoms with Crippen LogP contribution in [0, 0.1) is 53.3 Å². The Morgan fingerprint density at radius 1 is 0.917 bits per heavy atom. The molecule has 4 aliphatic rings. The van der Waals surface area contributed by atoms with Gasteiger partial charge in [-0.3, -0.25) is 0 Å². The predicted octanol–water partition coefficient (Wildman–Crippen LogP) is 9.92. The highest BCUT2D eigenvalue weighted by molar-refractivity contribution is 5.26. The van der Waals surface area contributed by atoms with Crippen molar-refractivity contribution in [3.63, 3.8) is 0 Å². The van der Waals surface area contributed by atoms with Crippen LogP contribution in [0.2, 0.25) is 0 Å². The summed E-state index contributed by atoms with van der Waals surface area (Å²) >= 11 is 0. The number of rotatable bonds is 8. The summed E-state index contributed by atoms with van der Waals surface area (Å²) in [5.41, 5.74) is 5.41. The van der Waals surface area contributed by atoms with Crippen LogP contribution >= 0.6 is 0 Å². The molecule has 200 valence electrons. The molecule has 0 N–H and O–H groups in total. The van der Waals surface area contributed by atoms with Crippen molar-refractivity contribution in [2.75, 3.05) is 0 Å². The van der Waals surface area contributed by atoms with Gasteiger partial charge in [0.15, 0.2) is 0 Å². The van der Waals surface area contributed by atoms with Gasteiger partial charge >= 0.3 is 0 Å². The summed E-state index contributed by atoms with van der Waals surface area (Å²) in [6, 6.07) is 8.87. The average Bonchev–Trinajstić information content (AvgIpc) is 3.20. The minimum absolute atomic E-state index is 0.401. The molecule has 0 spiro atoms. The number of allylic oxidation sites excluding steroid dienone is 1. The van der Waals surface area contributed by atoms with Crippen molar-refractivity contribution in [1.82, 2.24) is 0 Å². The first-order valence-corrected chi connectivity index (χ1v) is 15.6. The van der Waals surface area contributed by atoms with E-state index in [2.05, 4.69) is 71.9 Å². The lowest BCUT2D eigenvalue weighted by molar-refractivity contribution is -0.0656. The van der Waals surface area contributed by atoms with Gasteiger partial charge in [-0.25, -0.2) is 0 Å². The molecule has 3 fully saturated rings. The van der Waals surface area contributed by atoms with E-state index in [1.54, 1.807) is 5.57 Å². The molecule has 36 heavy (non-hydrogen) atoms. The quantitative estimate of drug-likeness (QED) is 0.329. The van der Waals surface area contributed by atoms with Crippen molar-refractivity contribution in [2.24, 2.45) is 46.3 Å². The van der Waals surface area contributed by atoms with Crippen molar-refractivity contribution in [3.8, 4) is 0 Å². The molecule has 1 aromatic carbocycles. The summed E-state index contributed by atoms with van der Waals surface area (Å²) in [5.74, 6) is 5.51. The molecule has 5 rings (SSSR count). The molecule has 0 aromatic heterocycles. The van der Waals surface area contributed by atoms with E-state index in [1.807, 2.05) is 0 Å². The number of ether oxygens (including phenoxy) is 1. The molecule has 4 aliphatic carbocycles. The lowest BCUT2D eigenvalue weighted by Crippen LogP contribution is -2.51. The van der Waals surface area contributed by atoms with Gasteiger partial charge in [0.25, 0.3) is 0 Å². The molecule has 3 saturated carbocycles. The summed E-state index contributed by atoms with van der Waals surface area (Å²) < 4.78 is 6.47. The third kappa shape index (κ3) is 5.00. The normalized spacial score (nSPS) is 38.8. The van der Waals surface area contributed by atoms with E-state index >= 15 is 0 Å². The van der Waals surface area contributed by atoms with Crippen LogP contribution in [0.4, 0.5) is 0 Å². The van der Waals surface area contributed by atoms with Gasteiger partial charge in [0.05, 0.1) is 12.7 Å². The van der Waals surface area contributed by atoms with E-state index in [-0.39, 0.29) is 0 Å². The monoisotopic (exact) mass is 490 g/mol. The first kappa shape index (κ1) is 26.5. The summed E-state index contributed by atoms with van der Waals surface area (Å²) in [4.78, 5) is 0. The lowest BCUT2D eigenvalue weighted by Gasteiger charge is -2.58. The van der Waals surface area contributed by atoms with Crippen molar-refractivity contribution in [3.05, 3.63) is 47.0 Å². The third-order valence-electron chi connectivity index (χ3n) is 11.9. The molecule has 0 radical (unpaired) electrons. The molecule has 0 saturated heterocycles. The number of hydrogen-bond donors (Lipinski definition) is 0. The fourth-order valence-electron chi connectivity index (χ4n) is 9.69. The Morgan fingerprint density at radius 3 is 2.44 bits per heavy atom. The van der Waals surface area contributed by atoms with Crippen molar-refractivity contribution in [2.45, 2.75) is 125 Å². The third-order valence-corrected chi connectivity index (χ3v) is 11.9. The average molecular weight is 491 g/mol. The molecule has 1 heteroatoms. The molecule has 1 nitrogen and oxygen atoms in total. The van der Waals surface area contributed by atoms with E-state index in [0.29, 0.717) is 16.9 Å². The molecule has 0 heterocycles. The molecule has 0 unspecified atom stereocenters. The van der Waals surface area contributed by atoms with Gasteiger partial charge in [0.2, 0.25) is 0 Å². The number of fused-ring (bicyclic) bond motifs is 5. The molecular formula is C35H54O. The summed E-state index contributed by atoms with van der Waals surface area (Å²) in [7, 11) is 0. The van der Waals surface area contributed by atoms with E-state index < -0.39 is 0 Å². The predicted molar refractivity (Wildman–Crippen MR) is 153 cm³/mol. The number of hydrogen-bond acceptors (Lipinski definition) is 1. The van der Waals surface area contributed by atoms with E-state index in [0.717, 1.165) is 42.1 Å². The zero-order valence-electron chi connectivity index (χ0n) is 24.3. The van der Waals surface area contributed by atoms with Crippen molar-refractivity contribution >= 4 is 0 Å². The summed E-state index contributed by atoms with van der Waals surface area (Å²) in [5, 5.41) is 0.